The molecule has 3 rings (SSSR count). The Bertz CT molecular complexity index is 1040. The van der Waals surface area contributed by atoms with Crippen molar-refractivity contribution in [2.75, 3.05) is 6.61 Å². The van der Waals surface area contributed by atoms with Crippen LogP contribution in [0.15, 0.2) is 40.9 Å². The van der Waals surface area contributed by atoms with Crippen molar-refractivity contribution in [3.63, 3.8) is 0 Å². The van der Waals surface area contributed by atoms with Crippen LogP contribution in [0.4, 0.5) is 0 Å². The fourth-order valence-electron chi connectivity index (χ4n) is 3.17. The summed E-state index contributed by atoms with van der Waals surface area (Å²) in [5.41, 5.74) is 11.0. The molecule has 0 aliphatic rings. The first kappa shape index (κ1) is 19.4. The summed E-state index contributed by atoms with van der Waals surface area (Å²) in [6.45, 7) is 2.59. The predicted octanol–water partition coefficient (Wildman–Crippen LogP) is 1.55. The number of hydrogen-bond donors (Lipinski definition) is 3. The maximum absolute atomic E-state index is 12.3. The maximum atomic E-state index is 12.3. The number of furan rings is 1. The first-order valence-electron chi connectivity index (χ1n) is 8.59. The second-order valence-corrected chi connectivity index (χ2v) is 6.67. The van der Waals surface area contributed by atoms with E-state index >= 15 is 0 Å². The number of aliphatic hydroxyl groups is 1. The summed E-state index contributed by atoms with van der Waals surface area (Å²) in [6.07, 6.45) is 1.63. The minimum atomic E-state index is -1.53. The lowest BCUT2D eigenvalue weighted by Gasteiger charge is -2.27. The molecule has 8 heteroatoms. The molecule has 2 heterocycles. The number of aromatic nitrogens is 1. The fraction of sp³-hybridized carbons (Fsp3) is 0.250. The Balaban J connectivity index is 2.25. The van der Waals surface area contributed by atoms with E-state index in [1.165, 1.54) is 6.92 Å². The molecule has 0 aliphatic carbocycles. The largest absolute Gasteiger partial charge is 0.487 e. The minimum absolute atomic E-state index is 0.113. The summed E-state index contributed by atoms with van der Waals surface area (Å²) in [5.74, 6) is -0.921. The van der Waals surface area contributed by atoms with E-state index in [-0.39, 0.29) is 23.5 Å². The third kappa shape index (κ3) is 3.18. The quantitative estimate of drug-likeness (QED) is 0.565. The van der Waals surface area contributed by atoms with E-state index in [4.69, 9.17) is 20.6 Å². The molecule has 3 aromatic rings. The van der Waals surface area contributed by atoms with Crippen LogP contribution in [0, 0.1) is 6.92 Å². The number of fused-ring (bicyclic) bond motifs is 1. The molecule has 0 spiro atoms. The van der Waals surface area contributed by atoms with Gasteiger partial charge in [0.15, 0.2) is 0 Å². The average molecular weight is 383 g/mol. The summed E-state index contributed by atoms with van der Waals surface area (Å²) in [7, 11) is 0. The Morgan fingerprint density at radius 2 is 2.00 bits per heavy atom. The number of ether oxygens (including phenoxy) is 1. The maximum Gasteiger partial charge on any atom is 0.252 e. The minimum Gasteiger partial charge on any atom is -0.487 e. The second-order valence-electron chi connectivity index (χ2n) is 6.67. The van der Waals surface area contributed by atoms with Gasteiger partial charge in [-0.2, -0.15) is 0 Å². The van der Waals surface area contributed by atoms with Crippen molar-refractivity contribution in [1.82, 2.24) is 4.98 Å². The summed E-state index contributed by atoms with van der Waals surface area (Å²) in [4.78, 5) is 28.5. The Morgan fingerprint density at radius 1 is 1.25 bits per heavy atom. The van der Waals surface area contributed by atoms with Gasteiger partial charge >= 0.3 is 0 Å². The van der Waals surface area contributed by atoms with E-state index < -0.39 is 23.8 Å². The third-order valence-corrected chi connectivity index (χ3v) is 4.75. The lowest BCUT2D eigenvalue weighted by Crippen LogP contribution is -2.42. The molecule has 1 unspecified atom stereocenters. The summed E-state index contributed by atoms with van der Waals surface area (Å²) in [6, 6.07) is 8.61. The van der Waals surface area contributed by atoms with Gasteiger partial charge in [-0.1, -0.05) is 6.07 Å². The number of carbonyl (C=O) groups excluding carboxylic acids is 2. The van der Waals surface area contributed by atoms with Gasteiger partial charge in [-0.05, 0) is 38.1 Å². The first-order valence-corrected chi connectivity index (χ1v) is 8.59. The van der Waals surface area contributed by atoms with Gasteiger partial charge in [-0.15, -0.1) is 0 Å². The van der Waals surface area contributed by atoms with E-state index in [2.05, 4.69) is 4.98 Å². The molecular formula is C20H21N3O5. The topological polar surface area (TPSA) is 142 Å². The van der Waals surface area contributed by atoms with Gasteiger partial charge in [0.1, 0.15) is 23.7 Å². The molecule has 28 heavy (non-hydrogen) atoms. The molecule has 0 bridgehead atoms. The highest BCUT2D eigenvalue weighted by molar-refractivity contribution is 6.10. The molecule has 5 N–H and O–H groups in total. The van der Waals surface area contributed by atoms with Crippen molar-refractivity contribution < 1.29 is 23.8 Å². The van der Waals surface area contributed by atoms with E-state index in [1.807, 2.05) is 6.07 Å². The molecule has 146 valence electrons. The second kappa shape index (κ2) is 7.32. The molecule has 0 radical (unpaired) electrons. The van der Waals surface area contributed by atoms with Crippen molar-refractivity contribution in [3.8, 4) is 5.75 Å². The molecule has 0 saturated carbocycles. The number of hydrogen-bond acceptors (Lipinski definition) is 6. The van der Waals surface area contributed by atoms with Crippen molar-refractivity contribution >= 4 is 22.8 Å². The van der Waals surface area contributed by atoms with E-state index in [0.717, 1.165) is 0 Å². The van der Waals surface area contributed by atoms with Crippen LogP contribution < -0.4 is 16.2 Å². The first-order chi connectivity index (χ1) is 13.3. The molecule has 8 nitrogen and oxygen atoms in total. The number of pyridine rings is 1. The van der Waals surface area contributed by atoms with Crippen LogP contribution in [0.2, 0.25) is 0 Å². The number of nitrogens with zero attached hydrogens (tertiary/aromatic N) is 1. The summed E-state index contributed by atoms with van der Waals surface area (Å²) in [5, 5.41) is 10.3. The van der Waals surface area contributed by atoms with Gasteiger partial charge in [-0.25, -0.2) is 0 Å². The lowest BCUT2D eigenvalue weighted by atomic mass is 9.79. The molecule has 1 aromatic carbocycles. The highest BCUT2D eigenvalue weighted by atomic mass is 16.5. The van der Waals surface area contributed by atoms with E-state index in [0.29, 0.717) is 22.4 Å². The molecule has 0 fully saturated rings. The van der Waals surface area contributed by atoms with Crippen molar-refractivity contribution in [1.29, 1.82) is 0 Å². The molecule has 0 saturated heterocycles. The van der Waals surface area contributed by atoms with Crippen LogP contribution >= 0.6 is 0 Å². The number of rotatable bonds is 7. The molecule has 1 atom stereocenters. The fourth-order valence-corrected chi connectivity index (χ4v) is 3.17. The van der Waals surface area contributed by atoms with Crippen LogP contribution in [-0.2, 0) is 16.8 Å². The number of aliphatic hydroxyl groups excluding tert-OH is 1. The van der Waals surface area contributed by atoms with Crippen molar-refractivity contribution in [2.45, 2.75) is 25.9 Å². The monoisotopic (exact) mass is 383 g/mol. The number of amides is 2. The number of nitrogens with two attached hydrogens (primary N) is 2. The number of benzene rings is 1. The van der Waals surface area contributed by atoms with Gasteiger partial charge in [0.2, 0.25) is 5.91 Å². The highest BCUT2D eigenvalue weighted by Gasteiger charge is 2.39. The third-order valence-electron chi connectivity index (χ3n) is 4.75. The predicted molar refractivity (Wildman–Crippen MR) is 102 cm³/mol. The number of carbonyl (C=O) groups is 2. The molecule has 0 aliphatic heterocycles. The molecular weight excluding hydrogens is 362 g/mol. The zero-order valence-electron chi connectivity index (χ0n) is 15.6. The SMILES string of the molecule is Cc1oc2ccc(OCc3ccccn3)c(C(C)(CO)C(N)=O)c2c1C(N)=O. The Kier molecular flexibility index (Phi) is 5.06. The number of primary amides is 2. The lowest BCUT2D eigenvalue weighted by molar-refractivity contribution is -0.124. The van der Waals surface area contributed by atoms with Crippen LogP contribution in [-0.4, -0.2) is 28.5 Å². The van der Waals surface area contributed by atoms with Crippen molar-refractivity contribution in [2.24, 2.45) is 11.5 Å². The Morgan fingerprint density at radius 3 is 2.57 bits per heavy atom. The Labute approximate surface area is 161 Å². The Hall–Kier alpha value is -3.39. The normalized spacial score (nSPS) is 13.2. The highest BCUT2D eigenvalue weighted by Crippen LogP contribution is 2.41. The molecule has 2 aromatic heterocycles. The van der Waals surface area contributed by atoms with E-state index in [9.17, 15) is 14.7 Å². The number of aryl methyl sites for hydroxylation is 1. The average Bonchev–Trinajstić information content (AvgIpc) is 3.01. The van der Waals surface area contributed by atoms with Crippen LogP contribution in [0.1, 0.15) is 34.3 Å². The van der Waals surface area contributed by atoms with Gasteiger partial charge in [-0.3, -0.25) is 14.6 Å². The van der Waals surface area contributed by atoms with Gasteiger partial charge in [0.25, 0.3) is 5.91 Å². The van der Waals surface area contributed by atoms with Crippen molar-refractivity contribution in [3.05, 3.63) is 59.1 Å². The van der Waals surface area contributed by atoms with E-state index in [1.54, 1.807) is 37.4 Å². The standard InChI is InChI=1S/C20H21N3O5/c1-11-15(18(21)25)16-13(28-11)6-7-14(17(16)20(2,10-24)19(22)26)27-9-12-5-3-4-8-23-12/h3-8,24H,9-10H2,1-2H3,(H2,21,25)(H2,22,26). The van der Waals surface area contributed by atoms with Crippen LogP contribution in [0.5, 0.6) is 5.75 Å². The van der Waals surface area contributed by atoms with Gasteiger partial charge < -0.3 is 25.7 Å². The van der Waals surface area contributed by atoms with Crippen LogP contribution in [0.25, 0.3) is 11.0 Å². The zero-order valence-corrected chi connectivity index (χ0v) is 15.6. The van der Waals surface area contributed by atoms with Gasteiger partial charge in [0.05, 0.1) is 23.3 Å². The van der Waals surface area contributed by atoms with Gasteiger partial charge in [0, 0.05) is 17.1 Å². The summed E-state index contributed by atoms with van der Waals surface area (Å²) >= 11 is 0. The summed E-state index contributed by atoms with van der Waals surface area (Å²) < 4.78 is 11.5. The molecule has 2 amide bonds. The smallest absolute Gasteiger partial charge is 0.252 e. The van der Waals surface area contributed by atoms with Crippen LogP contribution in [0.3, 0.4) is 0 Å². The zero-order chi connectivity index (χ0) is 20.5.